The van der Waals surface area contributed by atoms with Gasteiger partial charge < -0.3 is 5.11 Å². The Morgan fingerprint density at radius 1 is 1.10 bits per heavy atom. The van der Waals surface area contributed by atoms with Gasteiger partial charge in [-0.15, -0.1) is 0 Å². The number of hydrogen-bond donors (Lipinski definition) is 1. The minimum Gasteiger partial charge on any atom is -0.478 e. The molecule has 21 heavy (non-hydrogen) atoms. The molecular formula is C17H12FNO2. The molecule has 0 aliphatic heterocycles. The van der Waals surface area contributed by atoms with Crippen molar-refractivity contribution in [1.82, 2.24) is 4.98 Å². The Labute approximate surface area is 120 Å². The van der Waals surface area contributed by atoms with Crippen LogP contribution in [-0.2, 0) is 0 Å². The molecule has 3 nitrogen and oxygen atoms in total. The number of carboxylic acids is 1. The van der Waals surface area contributed by atoms with Crippen LogP contribution in [0, 0.1) is 12.7 Å². The van der Waals surface area contributed by atoms with Gasteiger partial charge in [-0.05, 0) is 25.1 Å². The van der Waals surface area contributed by atoms with Crippen LogP contribution in [0.4, 0.5) is 4.39 Å². The monoisotopic (exact) mass is 281 g/mol. The van der Waals surface area contributed by atoms with Crippen molar-refractivity contribution >= 4 is 16.9 Å². The van der Waals surface area contributed by atoms with Crippen LogP contribution < -0.4 is 0 Å². The van der Waals surface area contributed by atoms with Crippen LogP contribution in [-0.4, -0.2) is 16.1 Å². The first-order chi connectivity index (χ1) is 10.0. The maximum atomic E-state index is 13.4. The van der Waals surface area contributed by atoms with E-state index in [1.165, 1.54) is 24.3 Å². The SMILES string of the molecule is Cc1ccc(-c2cc(C(=O)O)c3ccc(F)cc3n2)cc1. The smallest absolute Gasteiger partial charge is 0.336 e. The molecule has 4 heteroatoms. The van der Waals surface area contributed by atoms with Crippen molar-refractivity contribution in [2.45, 2.75) is 6.92 Å². The van der Waals surface area contributed by atoms with E-state index in [-0.39, 0.29) is 5.56 Å². The second-order valence-corrected chi connectivity index (χ2v) is 4.89. The van der Waals surface area contributed by atoms with Crippen molar-refractivity contribution in [2.75, 3.05) is 0 Å². The first-order valence-corrected chi connectivity index (χ1v) is 6.45. The van der Waals surface area contributed by atoms with E-state index in [0.29, 0.717) is 16.6 Å². The van der Waals surface area contributed by atoms with Crippen LogP contribution in [0.2, 0.25) is 0 Å². The Morgan fingerprint density at radius 2 is 1.81 bits per heavy atom. The Morgan fingerprint density at radius 3 is 2.48 bits per heavy atom. The van der Waals surface area contributed by atoms with E-state index in [1.807, 2.05) is 31.2 Å². The number of aryl methyl sites for hydroxylation is 1. The third kappa shape index (κ3) is 2.48. The molecule has 0 radical (unpaired) electrons. The third-order valence-corrected chi connectivity index (χ3v) is 3.35. The lowest BCUT2D eigenvalue weighted by atomic mass is 10.0. The summed E-state index contributed by atoms with van der Waals surface area (Å²) in [6, 6.07) is 13.0. The number of fused-ring (bicyclic) bond motifs is 1. The highest BCUT2D eigenvalue weighted by molar-refractivity contribution is 6.03. The highest BCUT2D eigenvalue weighted by atomic mass is 19.1. The molecule has 2 aromatic carbocycles. The summed E-state index contributed by atoms with van der Waals surface area (Å²) in [4.78, 5) is 15.8. The van der Waals surface area contributed by atoms with E-state index in [2.05, 4.69) is 4.98 Å². The van der Waals surface area contributed by atoms with Gasteiger partial charge in [-0.2, -0.15) is 0 Å². The van der Waals surface area contributed by atoms with Crippen LogP contribution >= 0.6 is 0 Å². The van der Waals surface area contributed by atoms with Crippen LogP contribution in [0.1, 0.15) is 15.9 Å². The largest absolute Gasteiger partial charge is 0.478 e. The topological polar surface area (TPSA) is 50.2 Å². The zero-order valence-corrected chi connectivity index (χ0v) is 11.3. The fraction of sp³-hybridized carbons (Fsp3) is 0.0588. The van der Waals surface area contributed by atoms with Gasteiger partial charge in [0.25, 0.3) is 0 Å². The molecule has 0 spiro atoms. The molecule has 3 aromatic rings. The summed E-state index contributed by atoms with van der Waals surface area (Å²) in [7, 11) is 0. The summed E-state index contributed by atoms with van der Waals surface area (Å²) in [6.45, 7) is 1.97. The zero-order valence-electron chi connectivity index (χ0n) is 11.3. The van der Waals surface area contributed by atoms with Gasteiger partial charge >= 0.3 is 5.97 Å². The highest BCUT2D eigenvalue weighted by Crippen LogP contribution is 2.25. The number of aromatic carboxylic acids is 1. The third-order valence-electron chi connectivity index (χ3n) is 3.35. The maximum absolute atomic E-state index is 13.4. The number of halogens is 1. The minimum atomic E-state index is -1.05. The Bertz CT molecular complexity index is 841. The van der Waals surface area contributed by atoms with Crippen LogP contribution in [0.15, 0.2) is 48.5 Å². The highest BCUT2D eigenvalue weighted by Gasteiger charge is 2.13. The summed E-state index contributed by atoms with van der Waals surface area (Å²) in [5, 5.41) is 9.78. The Balaban J connectivity index is 2.29. The zero-order chi connectivity index (χ0) is 15.0. The molecule has 0 unspecified atom stereocenters. The predicted octanol–water partition coefficient (Wildman–Crippen LogP) is 4.05. The van der Waals surface area contributed by atoms with Gasteiger partial charge in [0.05, 0.1) is 16.8 Å². The molecule has 0 amide bonds. The minimum absolute atomic E-state index is 0.121. The molecular weight excluding hydrogens is 269 g/mol. The van der Waals surface area contributed by atoms with Crippen molar-refractivity contribution < 1.29 is 14.3 Å². The summed E-state index contributed by atoms with van der Waals surface area (Å²) < 4.78 is 13.4. The fourth-order valence-corrected chi connectivity index (χ4v) is 2.25. The summed E-state index contributed by atoms with van der Waals surface area (Å²) >= 11 is 0. The number of rotatable bonds is 2. The number of carboxylic acid groups (broad SMARTS) is 1. The maximum Gasteiger partial charge on any atom is 0.336 e. The van der Waals surface area contributed by atoms with Crippen molar-refractivity contribution in [1.29, 1.82) is 0 Å². The lowest BCUT2D eigenvalue weighted by Gasteiger charge is -2.07. The van der Waals surface area contributed by atoms with Gasteiger partial charge in [-0.3, -0.25) is 0 Å². The number of pyridine rings is 1. The van der Waals surface area contributed by atoms with E-state index in [1.54, 1.807) is 0 Å². The predicted molar refractivity (Wildman–Crippen MR) is 78.8 cm³/mol. The van der Waals surface area contributed by atoms with E-state index in [0.717, 1.165) is 11.1 Å². The van der Waals surface area contributed by atoms with Crippen molar-refractivity contribution in [3.63, 3.8) is 0 Å². The van der Waals surface area contributed by atoms with Crippen LogP contribution in [0.25, 0.3) is 22.2 Å². The first kappa shape index (κ1) is 13.2. The van der Waals surface area contributed by atoms with E-state index >= 15 is 0 Å². The van der Waals surface area contributed by atoms with Crippen molar-refractivity contribution in [2.24, 2.45) is 0 Å². The average molecular weight is 281 g/mol. The number of nitrogens with zero attached hydrogens (tertiary/aromatic N) is 1. The normalized spacial score (nSPS) is 10.8. The lowest BCUT2D eigenvalue weighted by Crippen LogP contribution is -2.00. The second kappa shape index (κ2) is 4.98. The number of hydrogen-bond acceptors (Lipinski definition) is 2. The van der Waals surface area contributed by atoms with E-state index < -0.39 is 11.8 Å². The van der Waals surface area contributed by atoms with Gasteiger partial charge in [-0.25, -0.2) is 14.2 Å². The van der Waals surface area contributed by atoms with Crippen molar-refractivity contribution in [3.8, 4) is 11.3 Å². The molecule has 0 saturated heterocycles. The fourth-order valence-electron chi connectivity index (χ4n) is 2.25. The van der Waals surface area contributed by atoms with Gasteiger partial charge in [0.15, 0.2) is 0 Å². The van der Waals surface area contributed by atoms with Gasteiger partial charge in [-0.1, -0.05) is 29.8 Å². The standard InChI is InChI=1S/C17H12FNO2/c1-10-2-4-11(5-3-10)15-9-14(17(20)21)13-7-6-12(18)8-16(13)19-15/h2-9H,1H3,(H,20,21). The quantitative estimate of drug-likeness (QED) is 0.771. The second-order valence-electron chi connectivity index (χ2n) is 4.89. The molecule has 0 saturated carbocycles. The molecule has 1 N–H and O–H groups in total. The number of benzene rings is 2. The van der Waals surface area contributed by atoms with Gasteiger partial charge in [0, 0.05) is 17.0 Å². The number of carbonyl (C=O) groups is 1. The van der Waals surface area contributed by atoms with Crippen LogP contribution in [0.5, 0.6) is 0 Å². The van der Waals surface area contributed by atoms with Gasteiger partial charge in [0.1, 0.15) is 5.82 Å². The van der Waals surface area contributed by atoms with E-state index in [4.69, 9.17) is 0 Å². The van der Waals surface area contributed by atoms with Crippen LogP contribution in [0.3, 0.4) is 0 Å². The molecule has 3 rings (SSSR count). The molecule has 0 aliphatic rings. The molecule has 1 heterocycles. The Kier molecular flexibility index (Phi) is 3.14. The number of aromatic nitrogens is 1. The van der Waals surface area contributed by atoms with Crippen molar-refractivity contribution in [3.05, 3.63) is 65.5 Å². The molecule has 0 atom stereocenters. The first-order valence-electron chi connectivity index (χ1n) is 6.45. The molecule has 1 aromatic heterocycles. The Hall–Kier alpha value is -2.75. The summed E-state index contributed by atoms with van der Waals surface area (Å²) in [5.74, 6) is -1.49. The average Bonchev–Trinajstić information content (AvgIpc) is 2.46. The molecule has 0 bridgehead atoms. The van der Waals surface area contributed by atoms with Gasteiger partial charge in [0.2, 0.25) is 0 Å². The molecule has 0 fully saturated rings. The molecule has 104 valence electrons. The summed E-state index contributed by atoms with van der Waals surface area (Å²) in [6.07, 6.45) is 0. The summed E-state index contributed by atoms with van der Waals surface area (Å²) in [5.41, 5.74) is 2.88. The lowest BCUT2D eigenvalue weighted by molar-refractivity contribution is 0.0699. The molecule has 0 aliphatic carbocycles. The van der Waals surface area contributed by atoms with E-state index in [9.17, 15) is 14.3 Å².